The molecule has 0 bridgehead atoms. The standard InChI is InChI=1S/C11H8BrClN2O2.C7H7ClO2.C4H2BrClN2.CH2O3.CH4.2K.H/c1-16-8-2-3-10(9(13)4-8)17-11-14-5-7(12)6-15-11;1-10-5-2-3-7(9)6(8)4-5;5-3-1-7-4(6)8-2-3;2-1-4-3;;;;/h2-6H,1H3;2-4,9H,1H3;1-2H;1,3H;1H4;;;/q;;;;;2*+1;-1/p-1. The molecule has 4 rings (SSSR count). The number of carbonyl (C=O) groups is 1. The van der Waals surface area contributed by atoms with Gasteiger partial charge in [-0.25, -0.2) is 19.9 Å². The van der Waals surface area contributed by atoms with Crippen LogP contribution in [-0.2, 0) is 9.68 Å². The second-order valence-electron chi connectivity index (χ2n) is 6.26. The van der Waals surface area contributed by atoms with Gasteiger partial charge in [-0.3, -0.25) is 4.79 Å². The quantitative estimate of drug-likeness (QED) is 0.100. The summed E-state index contributed by atoms with van der Waals surface area (Å²) in [4.78, 5) is 26.6. The topological polar surface area (TPSA) is 149 Å². The Bertz CT molecular complexity index is 1290. The maximum Gasteiger partial charge on any atom is 1.00 e. The summed E-state index contributed by atoms with van der Waals surface area (Å²) in [6.45, 7) is -0.181. The van der Waals surface area contributed by atoms with E-state index in [2.05, 4.69) is 56.7 Å². The van der Waals surface area contributed by atoms with Crippen molar-refractivity contribution >= 4 is 73.1 Å². The number of phenolic OH excluding ortho intramolecular Hbond substituents is 1. The zero-order chi connectivity index (χ0) is 29.2. The summed E-state index contributed by atoms with van der Waals surface area (Å²) in [6.07, 6.45) is 6.38. The Kier molecular flexibility index (Phi) is 30.8. The number of hydrogen-bond donors (Lipinski definition) is 1. The number of methoxy groups -OCH3 is 2. The van der Waals surface area contributed by atoms with Crippen molar-refractivity contribution in [1.29, 1.82) is 0 Å². The van der Waals surface area contributed by atoms with E-state index in [-0.39, 0.29) is 135 Å². The number of nitrogens with zero attached hydrogens (tertiary/aromatic N) is 4. The molecule has 0 aliphatic carbocycles. The van der Waals surface area contributed by atoms with Crippen molar-refractivity contribution in [1.82, 2.24) is 19.9 Å². The van der Waals surface area contributed by atoms with Crippen LogP contribution in [0.3, 0.4) is 0 Å². The second kappa shape index (κ2) is 27.6. The van der Waals surface area contributed by atoms with Gasteiger partial charge in [0, 0.05) is 36.9 Å². The van der Waals surface area contributed by atoms with E-state index >= 15 is 0 Å². The van der Waals surface area contributed by atoms with Crippen LogP contribution in [0.4, 0.5) is 0 Å². The van der Waals surface area contributed by atoms with Crippen LogP contribution in [0.1, 0.15) is 8.85 Å². The molecule has 11 nitrogen and oxygen atoms in total. The number of hydrogen-bond acceptors (Lipinski definition) is 11. The number of phenols is 1. The van der Waals surface area contributed by atoms with Crippen molar-refractivity contribution in [3.05, 3.63) is 85.5 Å². The first-order valence-electron chi connectivity index (χ1n) is 10.00. The maximum absolute atomic E-state index is 8.95. The fraction of sp³-hybridized carbons (Fsp3) is 0.125. The number of halogens is 5. The van der Waals surface area contributed by atoms with Crippen LogP contribution < -0.4 is 122 Å². The number of aromatic hydroxyl groups is 1. The van der Waals surface area contributed by atoms with Crippen molar-refractivity contribution in [2.45, 2.75) is 7.43 Å². The van der Waals surface area contributed by atoms with Crippen LogP contribution in [0, 0.1) is 0 Å². The van der Waals surface area contributed by atoms with E-state index in [1.54, 1.807) is 69.3 Å². The van der Waals surface area contributed by atoms with Gasteiger partial charge in [0.25, 0.3) is 6.47 Å². The van der Waals surface area contributed by atoms with Crippen LogP contribution in [0.15, 0.2) is 70.1 Å². The van der Waals surface area contributed by atoms with E-state index in [1.807, 2.05) is 0 Å². The Labute approximate surface area is 361 Å². The fourth-order valence-electron chi connectivity index (χ4n) is 2.05. The molecule has 4 aromatic rings. The van der Waals surface area contributed by atoms with Crippen LogP contribution in [0.5, 0.6) is 29.0 Å². The second-order valence-corrected chi connectivity index (χ2v) is 9.25. The van der Waals surface area contributed by atoms with Gasteiger partial charge in [-0.2, -0.15) is 0 Å². The van der Waals surface area contributed by atoms with Gasteiger partial charge in [0.05, 0.1) is 33.2 Å². The Morgan fingerprint density at radius 3 is 1.64 bits per heavy atom. The zero-order valence-corrected chi connectivity index (χ0v) is 33.6. The summed E-state index contributed by atoms with van der Waals surface area (Å²) in [6, 6.07) is 10.0. The minimum Gasteiger partial charge on any atom is -1.00 e. The van der Waals surface area contributed by atoms with Gasteiger partial charge < -0.3 is 30.9 Å². The number of benzene rings is 2. The largest absolute Gasteiger partial charge is 1.00 e. The van der Waals surface area contributed by atoms with E-state index in [1.165, 1.54) is 6.07 Å². The van der Waals surface area contributed by atoms with Crippen molar-refractivity contribution in [3.63, 3.8) is 0 Å². The summed E-state index contributed by atoms with van der Waals surface area (Å²) in [5, 5.41) is 18.4. The van der Waals surface area contributed by atoms with Crippen LogP contribution in [0.2, 0.25) is 15.3 Å². The van der Waals surface area contributed by atoms with Gasteiger partial charge in [0.15, 0.2) is 0 Å². The smallest absolute Gasteiger partial charge is 1.00 e. The van der Waals surface area contributed by atoms with Crippen molar-refractivity contribution in [2.24, 2.45) is 0 Å². The molecule has 0 aliphatic rings. The monoisotopic (exact) mass is 820 g/mol. The third-order valence-corrected chi connectivity index (χ3v) is 5.33. The average Bonchev–Trinajstić information content (AvgIpc) is 2.95. The minimum absolute atomic E-state index is 0. The van der Waals surface area contributed by atoms with Gasteiger partial charge in [-0.05, 0) is 67.7 Å². The Balaban J connectivity index is -0.000000254. The van der Waals surface area contributed by atoms with E-state index in [4.69, 9.17) is 64.2 Å². The molecule has 0 radical (unpaired) electrons. The van der Waals surface area contributed by atoms with Crippen LogP contribution in [0.25, 0.3) is 0 Å². The normalized spacial score (nSPS) is 8.57. The number of rotatable bonds is 5. The molecule has 2 heterocycles. The van der Waals surface area contributed by atoms with E-state index in [9.17, 15) is 0 Å². The van der Waals surface area contributed by atoms with Crippen LogP contribution in [-0.4, -0.2) is 45.7 Å². The average molecular weight is 824 g/mol. The molecule has 0 saturated heterocycles. The van der Waals surface area contributed by atoms with Crippen molar-refractivity contribution < 1.29 is 138 Å². The van der Waals surface area contributed by atoms with E-state index in [0.717, 1.165) is 8.95 Å². The molecule has 0 amide bonds. The van der Waals surface area contributed by atoms with Gasteiger partial charge >= 0.3 is 109 Å². The van der Waals surface area contributed by atoms with E-state index in [0.29, 0.717) is 27.3 Å². The molecule has 218 valence electrons. The first kappa shape index (κ1) is 46.7. The predicted molar refractivity (Wildman–Crippen MR) is 157 cm³/mol. The Morgan fingerprint density at radius 1 is 0.833 bits per heavy atom. The third-order valence-electron chi connectivity index (χ3n) is 3.72. The fourth-order valence-corrected chi connectivity index (χ4v) is 2.94. The number of carbonyl (C=O) groups excluding carboxylic acids is 1. The first-order valence-corrected chi connectivity index (χ1v) is 12.7. The molecule has 0 atom stereocenters. The van der Waals surface area contributed by atoms with Crippen LogP contribution >= 0.6 is 66.7 Å². The van der Waals surface area contributed by atoms with Crippen molar-refractivity contribution in [3.8, 4) is 29.0 Å². The molecule has 18 heteroatoms. The minimum atomic E-state index is -0.181. The number of ether oxygens (including phenoxy) is 3. The first-order chi connectivity index (χ1) is 18.6. The van der Waals surface area contributed by atoms with Gasteiger partial charge in [0.1, 0.15) is 23.0 Å². The zero-order valence-electron chi connectivity index (χ0n) is 22.9. The van der Waals surface area contributed by atoms with Gasteiger partial charge in [-0.1, -0.05) is 30.6 Å². The molecule has 0 saturated carbocycles. The summed E-state index contributed by atoms with van der Waals surface area (Å²) < 4.78 is 16.9. The third kappa shape index (κ3) is 20.4. The number of aromatic nitrogens is 4. The molecule has 2 aromatic carbocycles. The molecule has 0 unspecified atom stereocenters. The summed E-state index contributed by atoms with van der Waals surface area (Å²) in [5.41, 5.74) is 0. The maximum atomic E-state index is 8.95. The van der Waals surface area contributed by atoms with E-state index < -0.39 is 0 Å². The molecule has 1 N–H and O–H groups in total. The Hall–Kier alpha value is 0.333. The van der Waals surface area contributed by atoms with Crippen molar-refractivity contribution in [2.75, 3.05) is 14.2 Å². The molecular formula is C24H23Br2Cl3K2N4O7. The molecule has 2 aromatic heterocycles. The predicted octanol–water partition coefficient (Wildman–Crippen LogP) is 0.831. The summed E-state index contributed by atoms with van der Waals surface area (Å²) in [5.74, 6) is 1.86. The van der Waals surface area contributed by atoms with Gasteiger partial charge in [-0.15, -0.1) is 0 Å². The molecule has 0 aliphatic heterocycles. The molecular weight excluding hydrogens is 801 g/mol. The Morgan fingerprint density at radius 2 is 1.26 bits per heavy atom. The SMILES string of the molecule is C.COc1ccc(O)c(Cl)c1.COc1ccc(Oc2ncc(Br)cn2)c(Cl)c1.Clc1ncc(Br)cn1.O=CO[O-].[H-].[K+].[K+]. The molecule has 42 heavy (non-hydrogen) atoms. The summed E-state index contributed by atoms with van der Waals surface area (Å²) in [7, 11) is 3.12. The molecule has 0 fully saturated rings. The molecule has 0 spiro atoms. The summed E-state index contributed by atoms with van der Waals surface area (Å²) >= 11 is 23.4. The van der Waals surface area contributed by atoms with Gasteiger partial charge in [0.2, 0.25) is 5.28 Å².